The molecule has 2 heteroatoms. The molecular formula is C9H8ClF. The topological polar surface area (TPSA) is 0 Å². The molecule has 11 heavy (non-hydrogen) atoms. The maximum Gasteiger partial charge on any atom is 0.141 e. The van der Waals surface area contributed by atoms with E-state index in [1.807, 2.05) is 6.07 Å². The first-order valence-corrected chi connectivity index (χ1v) is 4.10. The van der Waals surface area contributed by atoms with E-state index in [2.05, 4.69) is 0 Å². The van der Waals surface area contributed by atoms with Crippen molar-refractivity contribution < 1.29 is 4.39 Å². The standard InChI is InChI=1S/C9H8ClF/c10-8-5-7(6-1-2-6)3-4-9(8)11/h3-6H,1-2H2. The van der Waals surface area contributed by atoms with Crippen molar-refractivity contribution in [3.63, 3.8) is 0 Å². The molecule has 58 valence electrons. The number of hydrogen-bond acceptors (Lipinski definition) is 0. The highest BCUT2D eigenvalue weighted by Gasteiger charge is 2.23. The third-order valence-corrected chi connectivity index (χ3v) is 2.28. The van der Waals surface area contributed by atoms with Crippen molar-refractivity contribution in [2.75, 3.05) is 0 Å². The van der Waals surface area contributed by atoms with Crippen LogP contribution >= 0.6 is 11.6 Å². The number of rotatable bonds is 1. The van der Waals surface area contributed by atoms with Crippen LogP contribution in [0.2, 0.25) is 5.02 Å². The lowest BCUT2D eigenvalue weighted by atomic mass is 10.1. The molecule has 0 bridgehead atoms. The van der Waals surface area contributed by atoms with Gasteiger partial charge in [-0.25, -0.2) is 4.39 Å². The van der Waals surface area contributed by atoms with E-state index in [-0.39, 0.29) is 10.8 Å². The highest BCUT2D eigenvalue weighted by atomic mass is 35.5. The zero-order chi connectivity index (χ0) is 7.84. The van der Waals surface area contributed by atoms with Crippen molar-refractivity contribution in [1.82, 2.24) is 0 Å². The molecule has 0 nitrogen and oxygen atoms in total. The van der Waals surface area contributed by atoms with Crippen LogP contribution in [0.3, 0.4) is 0 Å². The van der Waals surface area contributed by atoms with Crippen molar-refractivity contribution in [3.05, 3.63) is 34.6 Å². The molecule has 0 saturated heterocycles. The Labute approximate surface area is 70.0 Å². The van der Waals surface area contributed by atoms with E-state index >= 15 is 0 Å². The summed E-state index contributed by atoms with van der Waals surface area (Å²) in [5.74, 6) is 0.323. The van der Waals surface area contributed by atoms with Gasteiger partial charge >= 0.3 is 0 Å². The SMILES string of the molecule is Fc1ccc(C2CC2)cc1Cl. The van der Waals surface area contributed by atoms with Crippen LogP contribution in [-0.2, 0) is 0 Å². The molecule has 0 spiro atoms. The van der Waals surface area contributed by atoms with Crippen LogP contribution < -0.4 is 0 Å². The summed E-state index contributed by atoms with van der Waals surface area (Å²) in [6.07, 6.45) is 2.45. The third kappa shape index (κ3) is 1.38. The van der Waals surface area contributed by atoms with Gasteiger partial charge in [-0.2, -0.15) is 0 Å². The van der Waals surface area contributed by atoms with E-state index in [4.69, 9.17) is 11.6 Å². The first kappa shape index (κ1) is 7.11. The van der Waals surface area contributed by atoms with Crippen molar-refractivity contribution in [3.8, 4) is 0 Å². The molecule has 0 aromatic heterocycles. The molecule has 0 radical (unpaired) electrons. The lowest BCUT2D eigenvalue weighted by Crippen LogP contribution is -1.81. The van der Waals surface area contributed by atoms with Crippen molar-refractivity contribution >= 4 is 11.6 Å². The van der Waals surface area contributed by atoms with Gasteiger partial charge in [0.15, 0.2) is 0 Å². The summed E-state index contributed by atoms with van der Waals surface area (Å²) in [6.45, 7) is 0. The molecular weight excluding hydrogens is 163 g/mol. The highest BCUT2D eigenvalue weighted by Crippen LogP contribution is 2.40. The summed E-state index contributed by atoms with van der Waals surface area (Å²) >= 11 is 5.61. The maximum absolute atomic E-state index is 12.7. The van der Waals surface area contributed by atoms with Gasteiger partial charge in [0.25, 0.3) is 0 Å². The predicted octanol–water partition coefficient (Wildman–Crippen LogP) is 3.36. The summed E-state index contributed by atoms with van der Waals surface area (Å²) < 4.78 is 12.7. The first-order valence-electron chi connectivity index (χ1n) is 3.72. The minimum absolute atomic E-state index is 0.245. The summed E-state index contributed by atoms with van der Waals surface area (Å²) in [7, 11) is 0. The average molecular weight is 171 g/mol. The van der Waals surface area contributed by atoms with Gasteiger partial charge in [0.1, 0.15) is 5.82 Å². The fourth-order valence-corrected chi connectivity index (χ4v) is 1.37. The fourth-order valence-electron chi connectivity index (χ4n) is 1.18. The molecule has 0 unspecified atom stereocenters. The van der Waals surface area contributed by atoms with E-state index in [9.17, 15) is 4.39 Å². The smallest absolute Gasteiger partial charge is 0.141 e. The molecule has 0 atom stereocenters. The minimum atomic E-state index is -0.323. The van der Waals surface area contributed by atoms with Crippen LogP contribution in [0.5, 0.6) is 0 Å². The fraction of sp³-hybridized carbons (Fsp3) is 0.333. The Kier molecular flexibility index (Phi) is 1.61. The van der Waals surface area contributed by atoms with Crippen molar-refractivity contribution in [2.24, 2.45) is 0 Å². The normalized spacial score (nSPS) is 16.9. The van der Waals surface area contributed by atoms with Crippen LogP contribution in [0.15, 0.2) is 18.2 Å². The molecule has 1 fully saturated rings. The van der Waals surface area contributed by atoms with Gasteiger partial charge in [-0.15, -0.1) is 0 Å². The maximum atomic E-state index is 12.7. The molecule has 0 amide bonds. The zero-order valence-corrected chi connectivity index (χ0v) is 6.74. The number of hydrogen-bond donors (Lipinski definition) is 0. The van der Waals surface area contributed by atoms with E-state index in [0.717, 1.165) is 0 Å². The first-order chi connectivity index (χ1) is 5.27. The Balaban J connectivity index is 2.36. The van der Waals surface area contributed by atoms with Crippen LogP contribution in [0.4, 0.5) is 4.39 Å². The van der Waals surface area contributed by atoms with Crippen LogP contribution in [-0.4, -0.2) is 0 Å². The lowest BCUT2D eigenvalue weighted by molar-refractivity contribution is 0.627. The summed E-state index contributed by atoms with van der Waals surface area (Å²) in [5.41, 5.74) is 1.18. The van der Waals surface area contributed by atoms with E-state index in [1.54, 1.807) is 6.07 Å². The largest absolute Gasteiger partial charge is 0.205 e. The number of benzene rings is 1. The predicted molar refractivity (Wildman–Crippen MR) is 43.4 cm³/mol. The Morgan fingerprint density at radius 3 is 2.64 bits per heavy atom. The molecule has 0 N–H and O–H groups in total. The molecule has 1 aliphatic rings. The van der Waals surface area contributed by atoms with Crippen LogP contribution in [0.25, 0.3) is 0 Å². The van der Waals surface area contributed by atoms with Gasteiger partial charge in [0, 0.05) is 0 Å². The van der Waals surface area contributed by atoms with E-state index < -0.39 is 0 Å². The Bertz CT molecular complexity index is 279. The number of halogens is 2. The van der Waals surface area contributed by atoms with Gasteiger partial charge < -0.3 is 0 Å². The zero-order valence-electron chi connectivity index (χ0n) is 5.98. The van der Waals surface area contributed by atoms with Gasteiger partial charge in [0.2, 0.25) is 0 Å². The Morgan fingerprint density at radius 2 is 2.09 bits per heavy atom. The van der Waals surface area contributed by atoms with Crippen molar-refractivity contribution in [1.29, 1.82) is 0 Å². The Morgan fingerprint density at radius 1 is 1.36 bits per heavy atom. The molecule has 0 heterocycles. The average Bonchev–Trinajstić information content (AvgIpc) is 2.77. The van der Waals surface area contributed by atoms with Crippen LogP contribution in [0, 0.1) is 5.82 Å². The molecule has 1 aromatic carbocycles. The van der Waals surface area contributed by atoms with Gasteiger partial charge in [-0.05, 0) is 36.5 Å². The van der Waals surface area contributed by atoms with Gasteiger partial charge in [-0.3, -0.25) is 0 Å². The third-order valence-electron chi connectivity index (χ3n) is 1.99. The molecule has 1 aromatic rings. The molecule has 0 aliphatic heterocycles. The molecule has 1 saturated carbocycles. The van der Waals surface area contributed by atoms with Gasteiger partial charge in [-0.1, -0.05) is 17.7 Å². The van der Waals surface area contributed by atoms with Gasteiger partial charge in [0.05, 0.1) is 5.02 Å². The minimum Gasteiger partial charge on any atom is -0.205 e. The lowest BCUT2D eigenvalue weighted by Gasteiger charge is -1.98. The Hall–Kier alpha value is -0.560. The second-order valence-electron chi connectivity index (χ2n) is 2.95. The van der Waals surface area contributed by atoms with Crippen molar-refractivity contribution in [2.45, 2.75) is 18.8 Å². The second kappa shape index (κ2) is 2.49. The van der Waals surface area contributed by atoms with E-state index in [0.29, 0.717) is 5.92 Å². The molecule has 2 rings (SSSR count). The van der Waals surface area contributed by atoms with Crippen LogP contribution in [0.1, 0.15) is 24.3 Å². The highest BCUT2D eigenvalue weighted by molar-refractivity contribution is 6.30. The summed E-state index contributed by atoms with van der Waals surface area (Å²) in [6, 6.07) is 4.99. The quantitative estimate of drug-likeness (QED) is 0.607. The molecule has 1 aliphatic carbocycles. The second-order valence-corrected chi connectivity index (χ2v) is 3.36. The monoisotopic (exact) mass is 170 g/mol. The van der Waals surface area contributed by atoms with E-state index in [1.165, 1.54) is 24.5 Å². The summed E-state index contributed by atoms with van der Waals surface area (Å²) in [4.78, 5) is 0. The summed E-state index contributed by atoms with van der Waals surface area (Å²) in [5, 5.41) is 0.245.